The third-order valence-corrected chi connectivity index (χ3v) is 7.81. The average Bonchev–Trinajstić information content (AvgIpc) is 3.43. The van der Waals surface area contributed by atoms with Crippen molar-refractivity contribution in [3.05, 3.63) is 47.0 Å². The second-order valence-corrected chi connectivity index (χ2v) is 11.1. The summed E-state index contributed by atoms with van der Waals surface area (Å²) in [4.78, 5) is 21.2. The van der Waals surface area contributed by atoms with Crippen molar-refractivity contribution in [1.82, 2.24) is 4.98 Å². The van der Waals surface area contributed by atoms with Crippen molar-refractivity contribution in [3.63, 3.8) is 0 Å². The molecule has 1 aliphatic rings. The molecular weight excluding hydrogens is 464 g/mol. The zero-order valence-corrected chi connectivity index (χ0v) is 20.9. The van der Waals surface area contributed by atoms with Gasteiger partial charge in [0.25, 0.3) is 0 Å². The largest absolute Gasteiger partial charge is 0.494 e. The number of nitrogens with zero attached hydrogens (tertiary/aromatic N) is 2. The van der Waals surface area contributed by atoms with E-state index in [1.165, 1.54) is 16.2 Å². The van der Waals surface area contributed by atoms with Crippen molar-refractivity contribution < 1.29 is 14.3 Å². The fourth-order valence-corrected chi connectivity index (χ4v) is 5.85. The Morgan fingerprint density at radius 1 is 1.31 bits per heavy atom. The number of hydrogen-bond acceptors (Lipinski definition) is 6. The Morgan fingerprint density at radius 3 is 2.75 bits per heavy atom. The number of carbonyl (C=O) groups is 1. The summed E-state index contributed by atoms with van der Waals surface area (Å²) in [6.07, 6.45) is 2.29. The van der Waals surface area contributed by atoms with E-state index >= 15 is 0 Å². The van der Waals surface area contributed by atoms with E-state index in [0.29, 0.717) is 39.6 Å². The van der Waals surface area contributed by atoms with Crippen molar-refractivity contribution in [2.45, 2.75) is 49.4 Å². The van der Waals surface area contributed by atoms with Crippen LogP contribution in [0.25, 0.3) is 10.2 Å². The van der Waals surface area contributed by atoms with E-state index in [0.717, 1.165) is 29.7 Å². The summed E-state index contributed by atoms with van der Waals surface area (Å²) in [7, 11) is 1.61. The van der Waals surface area contributed by atoms with Crippen molar-refractivity contribution in [2.75, 3.05) is 25.2 Å². The maximum absolute atomic E-state index is 13.4. The van der Waals surface area contributed by atoms with Gasteiger partial charge in [-0.1, -0.05) is 48.9 Å². The van der Waals surface area contributed by atoms with Crippen LogP contribution >= 0.6 is 34.7 Å². The Labute approximate surface area is 202 Å². The summed E-state index contributed by atoms with van der Waals surface area (Å²) in [6.45, 7) is 5.57. The Bertz CT molecular complexity index is 1080. The smallest absolute Gasteiger partial charge is 0.233 e. The highest BCUT2D eigenvalue weighted by Gasteiger charge is 2.27. The highest BCUT2D eigenvalue weighted by Crippen LogP contribution is 2.39. The van der Waals surface area contributed by atoms with Crippen molar-refractivity contribution >= 4 is 56.0 Å². The summed E-state index contributed by atoms with van der Waals surface area (Å²) in [5.74, 6) is 0.647. The topological polar surface area (TPSA) is 51.7 Å². The first-order valence-electron chi connectivity index (χ1n) is 10.7. The Morgan fingerprint density at radius 2 is 2.09 bits per heavy atom. The van der Waals surface area contributed by atoms with Crippen LogP contribution in [-0.2, 0) is 16.0 Å². The molecule has 8 heteroatoms. The summed E-state index contributed by atoms with van der Waals surface area (Å²) in [5.41, 5.74) is 1.66. The van der Waals surface area contributed by atoms with Crippen LogP contribution in [0.15, 0.2) is 41.3 Å². The van der Waals surface area contributed by atoms with Gasteiger partial charge in [-0.05, 0) is 42.7 Å². The molecule has 32 heavy (non-hydrogen) atoms. The molecule has 1 unspecified atom stereocenters. The summed E-state index contributed by atoms with van der Waals surface area (Å²) in [6, 6.07) is 11.8. The number of rotatable bonds is 8. The molecule has 1 amide bonds. The summed E-state index contributed by atoms with van der Waals surface area (Å²) >= 11 is 9.65. The standard InChI is InChI=1S/C24H27ClN2O3S2/c1-15(2)31-18-8-6-16(7-9-18)13-21(28)27(14-17-5-4-12-30-17)24-26-22-20(29-3)11-10-19(25)23(22)32-24/h6-11,15,17H,4-5,12-14H2,1-3H3. The van der Waals surface area contributed by atoms with Gasteiger partial charge in [-0.25, -0.2) is 4.98 Å². The van der Waals surface area contributed by atoms with E-state index in [-0.39, 0.29) is 12.0 Å². The van der Waals surface area contributed by atoms with Crippen LogP contribution in [0.3, 0.4) is 0 Å². The lowest BCUT2D eigenvalue weighted by Gasteiger charge is -2.23. The number of amides is 1. The fraction of sp³-hybridized carbons (Fsp3) is 0.417. The molecule has 170 valence electrons. The molecule has 2 aromatic carbocycles. The molecule has 0 radical (unpaired) electrons. The number of thiazole rings is 1. The number of carbonyl (C=O) groups excluding carboxylic acids is 1. The van der Waals surface area contributed by atoms with E-state index < -0.39 is 0 Å². The van der Waals surface area contributed by atoms with Crippen LogP contribution in [0, 0.1) is 0 Å². The van der Waals surface area contributed by atoms with Crippen molar-refractivity contribution in [1.29, 1.82) is 0 Å². The Kier molecular flexibility index (Phi) is 7.61. The van der Waals surface area contributed by atoms with Gasteiger partial charge in [0, 0.05) is 16.8 Å². The maximum atomic E-state index is 13.4. The van der Waals surface area contributed by atoms with Crippen LogP contribution in [0.2, 0.25) is 5.02 Å². The quantitative estimate of drug-likeness (QED) is 0.351. The molecule has 0 spiro atoms. The van der Waals surface area contributed by atoms with E-state index in [4.69, 9.17) is 26.1 Å². The Hall–Kier alpha value is -1.80. The van der Waals surface area contributed by atoms with E-state index in [2.05, 4.69) is 26.0 Å². The molecule has 1 aliphatic heterocycles. The van der Waals surface area contributed by atoms with Crippen LogP contribution in [0.1, 0.15) is 32.3 Å². The van der Waals surface area contributed by atoms with Gasteiger partial charge in [0.1, 0.15) is 11.3 Å². The molecular formula is C24H27ClN2O3S2. The molecule has 2 heterocycles. The number of ether oxygens (including phenoxy) is 2. The molecule has 1 saturated heterocycles. The SMILES string of the molecule is COc1ccc(Cl)c2sc(N(CC3CCCO3)C(=O)Cc3ccc(SC(C)C)cc3)nc12. The second-order valence-electron chi connectivity index (χ2n) is 8.05. The van der Waals surface area contributed by atoms with Gasteiger partial charge in [-0.2, -0.15) is 0 Å². The van der Waals surface area contributed by atoms with Crippen molar-refractivity contribution in [2.24, 2.45) is 0 Å². The average molecular weight is 491 g/mol. The molecule has 0 bridgehead atoms. The highest BCUT2D eigenvalue weighted by molar-refractivity contribution is 7.99. The minimum Gasteiger partial charge on any atom is -0.494 e. The minimum absolute atomic E-state index is 0.00101. The van der Waals surface area contributed by atoms with Gasteiger partial charge in [-0.3, -0.25) is 9.69 Å². The maximum Gasteiger partial charge on any atom is 0.233 e. The molecule has 4 rings (SSSR count). The molecule has 1 fully saturated rings. The number of thioether (sulfide) groups is 1. The molecule has 0 aliphatic carbocycles. The van der Waals surface area contributed by atoms with Gasteiger partial charge in [0.05, 0.1) is 35.9 Å². The lowest BCUT2D eigenvalue weighted by atomic mass is 10.1. The third-order valence-electron chi connectivity index (χ3n) is 5.26. The summed E-state index contributed by atoms with van der Waals surface area (Å²) in [5, 5.41) is 1.75. The van der Waals surface area contributed by atoms with Crippen LogP contribution in [0.5, 0.6) is 5.75 Å². The molecule has 5 nitrogen and oxygen atoms in total. The zero-order valence-electron chi connectivity index (χ0n) is 18.5. The predicted molar refractivity (Wildman–Crippen MR) is 134 cm³/mol. The molecule has 0 N–H and O–H groups in total. The fourth-order valence-electron chi connectivity index (χ4n) is 3.73. The first kappa shape index (κ1) is 23.4. The zero-order chi connectivity index (χ0) is 22.7. The number of hydrogen-bond donors (Lipinski definition) is 0. The lowest BCUT2D eigenvalue weighted by Crippen LogP contribution is -2.38. The second kappa shape index (κ2) is 10.4. The third kappa shape index (κ3) is 5.39. The van der Waals surface area contributed by atoms with Gasteiger partial charge >= 0.3 is 0 Å². The molecule has 1 aromatic heterocycles. The number of anilines is 1. The lowest BCUT2D eigenvalue weighted by molar-refractivity contribution is -0.118. The number of aromatic nitrogens is 1. The van der Waals surface area contributed by atoms with E-state index in [1.807, 2.05) is 23.9 Å². The molecule has 0 saturated carbocycles. The van der Waals surface area contributed by atoms with Crippen LogP contribution < -0.4 is 9.64 Å². The van der Waals surface area contributed by atoms with Gasteiger partial charge in [0.2, 0.25) is 5.91 Å². The normalized spacial score (nSPS) is 16.1. The molecule has 3 aromatic rings. The van der Waals surface area contributed by atoms with Gasteiger partial charge < -0.3 is 9.47 Å². The predicted octanol–water partition coefficient (Wildman–Crippen LogP) is 6.21. The van der Waals surface area contributed by atoms with E-state index in [1.54, 1.807) is 24.1 Å². The van der Waals surface area contributed by atoms with Crippen LogP contribution in [-0.4, -0.2) is 42.5 Å². The summed E-state index contributed by atoms with van der Waals surface area (Å²) < 4.78 is 12.1. The number of methoxy groups -OCH3 is 1. The number of halogens is 1. The van der Waals surface area contributed by atoms with Gasteiger partial charge in [0.15, 0.2) is 5.13 Å². The van der Waals surface area contributed by atoms with Crippen molar-refractivity contribution in [3.8, 4) is 5.75 Å². The van der Waals surface area contributed by atoms with E-state index in [9.17, 15) is 4.79 Å². The molecule has 1 atom stereocenters. The number of fused-ring (bicyclic) bond motifs is 1. The number of benzene rings is 2. The Balaban J connectivity index is 1.61. The van der Waals surface area contributed by atoms with Crippen LogP contribution in [0.4, 0.5) is 5.13 Å². The van der Waals surface area contributed by atoms with Gasteiger partial charge in [-0.15, -0.1) is 11.8 Å². The monoisotopic (exact) mass is 490 g/mol. The first-order valence-corrected chi connectivity index (χ1v) is 12.8. The highest BCUT2D eigenvalue weighted by atomic mass is 35.5. The first-order chi connectivity index (χ1) is 15.4. The minimum atomic E-state index is -0.00101.